The fourth-order valence-electron chi connectivity index (χ4n) is 0.463. The second kappa shape index (κ2) is 2.27. The highest BCUT2D eigenvalue weighted by atomic mass is 32.1. The fraction of sp³-hybridized carbons (Fsp3) is 0.500. The maximum atomic E-state index is 4.08. The zero-order valence-corrected chi connectivity index (χ0v) is 5.83. The van der Waals surface area contributed by atoms with Gasteiger partial charge < -0.3 is 0 Å². The van der Waals surface area contributed by atoms with Crippen LogP contribution in [0, 0.1) is 5.38 Å². The smallest absolute Gasteiger partial charge is 0.0801 e. The molecule has 1 heterocycles. The Morgan fingerprint density at radius 2 is 2.50 bits per heavy atom. The van der Waals surface area contributed by atoms with Crippen molar-refractivity contribution in [2.45, 2.75) is 19.8 Å². The van der Waals surface area contributed by atoms with E-state index in [9.17, 15) is 0 Å². The van der Waals surface area contributed by atoms with E-state index in [1.54, 1.807) is 0 Å². The molecule has 43 valence electrons. The van der Waals surface area contributed by atoms with Crippen LogP contribution in [-0.2, 0) is 0 Å². The van der Waals surface area contributed by atoms with E-state index < -0.39 is 0 Å². The summed E-state index contributed by atoms with van der Waals surface area (Å²) in [4.78, 5) is 4.08. The van der Waals surface area contributed by atoms with Crippen molar-refractivity contribution < 1.29 is 0 Å². The quantitative estimate of drug-likeness (QED) is 0.561. The average Bonchev–Trinajstić information content (AvgIpc) is 2.12. The molecular weight excluding hydrogens is 118 g/mol. The molecule has 0 saturated carbocycles. The molecule has 0 unspecified atom stereocenters. The Labute approximate surface area is 53.4 Å². The van der Waals surface area contributed by atoms with Gasteiger partial charge in [-0.15, -0.1) is 11.3 Å². The third kappa shape index (κ3) is 1.07. The molecule has 8 heavy (non-hydrogen) atoms. The van der Waals surface area contributed by atoms with Crippen LogP contribution in [-0.4, -0.2) is 4.98 Å². The third-order valence-electron chi connectivity index (χ3n) is 0.955. The SMILES string of the molecule is CC(C)c1[c]scn1. The number of hydrogen-bond donors (Lipinski definition) is 0. The number of rotatable bonds is 1. The van der Waals surface area contributed by atoms with Crippen LogP contribution >= 0.6 is 11.3 Å². The first-order chi connectivity index (χ1) is 3.80. The molecule has 0 aromatic carbocycles. The topological polar surface area (TPSA) is 12.9 Å². The van der Waals surface area contributed by atoms with Crippen molar-refractivity contribution in [3.8, 4) is 0 Å². The fourth-order valence-corrected chi connectivity index (χ4v) is 1.09. The van der Waals surface area contributed by atoms with Crippen molar-refractivity contribution in [2.24, 2.45) is 0 Å². The lowest BCUT2D eigenvalue weighted by molar-refractivity contribution is 0.831. The first-order valence-corrected chi connectivity index (χ1v) is 3.49. The second-order valence-corrected chi connectivity index (χ2v) is 2.65. The summed E-state index contributed by atoms with van der Waals surface area (Å²) in [5.41, 5.74) is 2.89. The van der Waals surface area contributed by atoms with Gasteiger partial charge in [0, 0.05) is 0 Å². The molecule has 0 aliphatic carbocycles. The van der Waals surface area contributed by atoms with Crippen LogP contribution < -0.4 is 0 Å². The van der Waals surface area contributed by atoms with Crippen LogP contribution in [0.2, 0.25) is 0 Å². The molecule has 0 amide bonds. The zero-order chi connectivity index (χ0) is 5.98. The molecule has 2 heteroatoms. The van der Waals surface area contributed by atoms with Crippen LogP contribution in [0.15, 0.2) is 5.51 Å². The molecule has 1 rings (SSSR count). The lowest BCUT2D eigenvalue weighted by atomic mass is 10.2. The van der Waals surface area contributed by atoms with Gasteiger partial charge in [0.1, 0.15) is 0 Å². The summed E-state index contributed by atoms with van der Waals surface area (Å²) < 4.78 is 0. The molecule has 0 aliphatic heterocycles. The third-order valence-corrected chi connectivity index (χ3v) is 1.49. The highest BCUT2D eigenvalue weighted by Crippen LogP contribution is 2.11. The summed E-state index contributed by atoms with van der Waals surface area (Å²) in [7, 11) is 0. The van der Waals surface area contributed by atoms with E-state index in [1.807, 2.05) is 5.51 Å². The minimum absolute atomic E-state index is 0.529. The van der Waals surface area contributed by atoms with Crippen molar-refractivity contribution in [1.82, 2.24) is 4.98 Å². The maximum Gasteiger partial charge on any atom is 0.0801 e. The van der Waals surface area contributed by atoms with E-state index in [-0.39, 0.29) is 0 Å². The van der Waals surface area contributed by atoms with Gasteiger partial charge in [-0.25, -0.2) is 4.98 Å². The molecule has 0 saturated heterocycles. The van der Waals surface area contributed by atoms with Crippen molar-refractivity contribution in [1.29, 1.82) is 0 Å². The lowest BCUT2D eigenvalue weighted by Gasteiger charge is -1.93. The molecule has 0 bridgehead atoms. The average molecular weight is 126 g/mol. The summed E-state index contributed by atoms with van der Waals surface area (Å²) in [6.07, 6.45) is 0. The van der Waals surface area contributed by atoms with Gasteiger partial charge in [-0.05, 0) is 5.92 Å². The van der Waals surface area contributed by atoms with Crippen molar-refractivity contribution in [2.75, 3.05) is 0 Å². The van der Waals surface area contributed by atoms with Crippen LogP contribution in [0.1, 0.15) is 25.5 Å². The van der Waals surface area contributed by atoms with Crippen molar-refractivity contribution in [3.63, 3.8) is 0 Å². The van der Waals surface area contributed by atoms with E-state index >= 15 is 0 Å². The summed E-state index contributed by atoms with van der Waals surface area (Å²) in [6, 6.07) is 0. The molecule has 0 atom stereocenters. The van der Waals surface area contributed by atoms with E-state index in [4.69, 9.17) is 0 Å². The summed E-state index contributed by atoms with van der Waals surface area (Å²) in [5, 5.41) is 3.07. The van der Waals surface area contributed by atoms with Gasteiger partial charge in [-0.3, -0.25) is 0 Å². The van der Waals surface area contributed by atoms with Crippen LogP contribution in [0.3, 0.4) is 0 Å². The summed E-state index contributed by atoms with van der Waals surface area (Å²) in [5.74, 6) is 0.529. The highest BCUT2D eigenvalue weighted by molar-refractivity contribution is 7.07. The Bertz CT molecular complexity index is 144. The Hall–Kier alpha value is -0.370. The normalized spacial score (nSPS) is 10.4. The minimum atomic E-state index is 0.529. The lowest BCUT2D eigenvalue weighted by Crippen LogP contribution is -1.84. The number of hydrogen-bond acceptors (Lipinski definition) is 2. The van der Waals surface area contributed by atoms with E-state index in [1.165, 1.54) is 11.3 Å². The molecule has 0 aliphatic rings. The van der Waals surface area contributed by atoms with Gasteiger partial charge >= 0.3 is 0 Å². The highest BCUT2D eigenvalue weighted by Gasteiger charge is 1.98. The molecule has 1 radical (unpaired) electrons. The predicted octanol–water partition coefficient (Wildman–Crippen LogP) is 2.07. The van der Waals surface area contributed by atoms with Crippen molar-refractivity contribution >= 4 is 11.3 Å². The van der Waals surface area contributed by atoms with Gasteiger partial charge in [0.15, 0.2) is 0 Å². The Balaban J connectivity index is 2.77. The van der Waals surface area contributed by atoms with Crippen LogP contribution in [0.4, 0.5) is 0 Å². The molecule has 0 fully saturated rings. The molecule has 0 N–H and O–H groups in total. The maximum absolute atomic E-state index is 4.08. The minimum Gasteiger partial charge on any atom is -0.249 e. The largest absolute Gasteiger partial charge is 0.249 e. The second-order valence-electron chi connectivity index (χ2n) is 1.99. The van der Waals surface area contributed by atoms with E-state index in [2.05, 4.69) is 24.2 Å². The van der Waals surface area contributed by atoms with Crippen LogP contribution in [0.25, 0.3) is 0 Å². The number of thiazole rings is 1. The molecule has 1 aromatic heterocycles. The van der Waals surface area contributed by atoms with Crippen LogP contribution in [0.5, 0.6) is 0 Å². The van der Waals surface area contributed by atoms with Gasteiger partial charge in [0.2, 0.25) is 0 Å². The molecule has 1 nitrogen and oxygen atoms in total. The van der Waals surface area contributed by atoms with Crippen molar-refractivity contribution in [3.05, 3.63) is 16.6 Å². The van der Waals surface area contributed by atoms with Gasteiger partial charge in [-0.2, -0.15) is 0 Å². The Morgan fingerprint density at radius 1 is 1.75 bits per heavy atom. The Morgan fingerprint density at radius 3 is 2.75 bits per heavy atom. The molecule has 0 spiro atoms. The standard InChI is InChI=1S/C6H8NS/c1-5(2)6-3-8-4-7-6/h4-5H,1-2H3. The number of aromatic nitrogens is 1. The van der Waals surface area contributed by atoms with Gasteiger partial charge in [0.25, 0.3) is 0 Å². The molecular formula is C6H8NS. The number of nitrogens with zero attached hydrogens (tertiary/aromatic N) is 1. The van der Waals surface area contributed by atoms with Gasteiger partial charge in [-0.1, -0.05) is 13.8 Å². The molecule has 1 aromatic rings. The summed E-state index contributed by atoms with van der Waals surface area (Å²) >= 11 is 1.53. The summed E-state index contributed by atoms with van der Waals surface area (Å²) in [6.45, 7) is 4.23. The first-order valence-electron chi connectivity index (χ1n) is 2.62. The predicted molar refractivity (Wildman–Crippen MR) is 35.0 cm³/mol. The van der Waals surface area contributed by atoms with E-state index in [0.717, 1.165) is 5.69 Å². The zero-order valence-electron chi connectivity index (χ0n) is 5.01. The monoisotopic (exact) mass is 126 g/mol. The van der Waals surface area contributed by atoms with Gasteiger partial charge in [0.05, 0.1) is 16.6 Å². The van der Waals surface area contributed by atoms with E-state index in [0.29, 0.717) is 5.92 Å². The first kappa shape index (κ1) is 5.76. The Kier molecular flexibility index (Phi) is 1.63.